The number of hydrogen-bond donors (Lipinski definition) is 2. The van der Waals surface area contributed by atoms with Crippen molar-refractivity contribution >= 4 is 0 Å². The summed E-state index contributed by atoms with van der Waals surface area (Å²) < 4.78 is 5.36. The molecule has 1 aromatic rings. The molecule has 0 bridgehead atoms. The Kier molecular flexibility index (Phi) is 6.37. The maximum Gasteiger partial charge on any atom is 0.123 e. The SMILES string of the molecule is COc1ccc(C#CCN)cc1CN(C)C(C)CO. The predicted octanol–water partition coefficient (Wildman–Crippen LogP) is 0.818. The van der Waals surface area contributed by atoms with Gasteiger partial charge in [-0.1, -0.05) is 11.8 Å². The van der Waals surface area contributed by atoms with Crippen LogP contribution in [-0.2, 0) is 6.54 Å². The van der Waals surface area contributed by atoms with Crippen molar-refractivity contribution in [1.82, 2.24) is 4.90 Å². The number of nitrogens with zero attached hydrogens (tertiary/aromatic N) is 1. The summed E-state index contributed by atoms with van der Waals surface area (Å²) >= 11 is 0. The molecular formula is C15H22N2O2. The zero-order valence-electron chi connectivity index (χ0n) is 11.8. The van der Waals surface area contributed by atoms with E-state index in [2.05, 4.69) is 16.7 Å². The number of rotatable bonds is 5. The highest BCUT2D eigenvalue weighted by Crippen LogP contribution is 2.21. The maximum atomic E-state index is 9.17. The number of likely N-dealkylation sites (N-methyl/N-ethyl adjacent to an activating group) is 1. The lowest BCUT2D eigenvalue weighted by Gasteiger charge is -2.23. The van der Waals surface area contributed by atoms with Crippen molar-refractivity contribution in [3.63, 3.8) is 0 Å². The van der Waals surface area contributed by atoms with Crippen LogP contribution in [0.5, 0.6) is 5.75 Å². The van der Waals surface area contributed by atoms with Gasteiger partial charge in [0.2, 0.25) is 0 Å². The van der Waals surface area contributed by atoms with Gasteiger partial charge in [0.25, 0.3) is 0 Å². The second-order valence-electron chi connectivity index (χ2n) is 4.48. The lowest BCUT2D eigenvalue weighted by molar-refractivity contribution is 0.153. The van der Waals surface area contributed by atoms with Crippen LogP contribution in [0.3, 0.4) is 0 Å². The van der Waals surface area contributed by atoms with E-state index >= 15 is 0 Å². The van der Waals surface area contributed by atoms with Crippen LogP contribution < -0.4 is 10.5 Å². The van der Waals surface area contributed by atoms with E-state index in [1.165, 1.54) is 0 Å². The molecule has 0 saturated heterocycles. The molecule has 4 heteroatoms. The third-order valence-electron chi connectivity index (χ3n) is 3.05. The first-order valence-corrected chi connectivity index (χ1v) is 6.29. The van der Waals surface area contributed by atoms with E-state index in [0.717, 1.165) is 16.9 Å². The van der Waals surface area contributed by atoms with Gasteiger partial charge in [0.15, 0.2) is 0 Å². The molecule has 1 atom stereocenters. The standard InChI is InChI=1S/C15H22N2O2/c1-12(11-18)17(2)10-14-9-13(5-4-8-16)6-7-15(14)19-3/h6-7,9,12,18H,8,10-11,16H2,1-3H3. The van der Waals surface area contributed by atoms with Crippen LogP contribution in [0.25, 0.3) is 0 Å². The zero-order valence-corrected chi connectivity index (χ0v) is 11.8. The van der Waals surface area contributed by atoms with Gasteiger partial charge in [-0.25, -0.2) is 0 Å². The van der Waals surface area contributed by atoms with Crippen molar-refractivity contribution in [2.75, 3.05) is 27.3 Å². The predicted molar refractivity (Wildman–Crippen MR) is 76.9 cm³/mol. The van der Waals surface area contributed by atoms with Gasteiger partial charge in [-0.15, -0.1) is 0 Å². The average Bonchev–Trinajstić information content (AvgIpc) is 2.44. The highest BCUT2D eigenvalue weighted by atomic mass is 16.5. The Labute approximate surface area is 115 Å². The molecule has 0 aliphatic carbocycles. The summed E-state index contributed by atoms with van der Waals surface area (Å²) in [6, 6.07) is 5.93. The Bertz CT molecular complexity index is 463. The van der Waals surface area contributed by atoms with E-state index in [-0.39, 0.29) is 12.6 Å². The third kappa shape index (κ3) is 4.56. The van der Waals surface area contributed by atoms with Gasteiger partial charge in [-0.2, -0.15) is 0 Å². The summed E-state index contributed by atoms with van der Waals surface area (Å²) in [7, 11) is 3.62. The first-order valence-electron chi connectivity index (χ1n) is 6.29. The number of benzene rings is 1. The highest BCUT2D eigenvalue weighted by Gasteiger charge is 2.11. The van der Waals surface area contributed by atoms with E-state index in [9.17, 15) is 5.11 Å². The van der Waals surface area contributed by atoms with Gasteiger partial charge in [-0.3, -0.25) is 4.90 Å². The summed E-state index contributed by atoms with van der Waals surface area (Å²) in [5.74, 6) is 6.68. The molecule has 19 heavy (non-hydrogen) atoms. The van der Waals surface area contributed by atoms with Crippen LogP contribution >= 0.6 is 0 Å². The molecule has 1 unspecified atom stereocenters. The number of nitrogens with two attached hydrogens (primary N) is 1. The minimum absolute atomic E-state index is 0.100. The average molecular weight is 262 g/mol. The lowest BCUT2D eigenvalue weighted by atomic mass is 10.1. The molecule has 0 amide bonds. The fraction of sp³-hybridized carbons (Fsp3) is 0.467. The molecule has 0 fully saturated rings. The molecule has 0 saturated carbocycles. The number of hydrogen-bond acceptors (Lipinski definition) is 4. The Balaban J connectivity index is 2.95. The van der Waals surface area contributed by atoms with Crippen LogP contribution in [0, 0.1) is 11.8 Å². The molecule has 0 heterocycles. The summed E-state index contributed by atoms with van der Waals surface area (Å²) in [4.78, 5) is 2.07. The van der Waals surface area contributed by atoms with Gasteiger partial charge in [0, 0.05) is 23.7 Å². The monoisotopic (exact) mass is 262 g/mol. The molecule has 0 radical (unpaired) electrons. The molecule has 0 aliphatic heterocycles. The first kappa shape index (κ1) is 15.5. The maximum absolute atomic E-state index is 9.17. The van der Waals surface area contributed by atoms with Crippen LogP contribution in [0.2, 0.25) is 0 Å². The van der Waals surface area contributed by atoms with Crippen LogP contribution in [0.4, 0.5) is 0 Å². The van der Waals surface area contributed by atoms with Crippen molar-refractivity contribution in [2.45, 2.75) is 19.5 Å². The Morgan fingerprint density at radius 1 is 1.47 bits per heavy atom. The Morgan fingerprint density at radius 2 is 2.21 bits per heavy atom. The smallest absolute Gasteiger partial charge is 0.123 e. The molecule has 0 aromatic heterocycles. The van der Waals surface area contributed by atoms with Crippen molar-refractivity contribution in [2.24, 2.45) is 5.73 Å². The van der Waals surface area contributed by atoms with E-state index in [4.69, 9.17) is 10.5 Å². The topological polar surface area (TPSA) is 58.7 Å². The quantitative estimate of drug-likeness (QED) is 0.771. The number of aliphatic hydroxyl groups excluding tert-OH is 1. The molecule has 0 spiro atoms. The molecule has 1 rings (SSSR count). The van der Waals surface area contributed by atoms with Crippen molar-refractivity contribution in [3.05, 3.63) is 29.3 Å². The van der Waals surface area contributed by atoms with Crippen molar-refractivity contribution in [3.8, 4) is 17.6 Å². The van der Waals surface area contributed by atoms with Gasteiger partial charge in [0.05, 0.1) is 20.3 Å². The highest BCUT2D eigenvalue weighted by molar-refractivity contribution is 5.44. The summed E-state index contributed by atoms with van der Waals surface area (Å²) in [5, 5.41) is 9.17. The molecule has 104 valence electrons. The van der Waals surface area contributed by atoms with Crippen molar-refractivity contribution < 1.29 is 9.84 Å². The number of methoxy groups -OCH3 is 1. The summed E-state index contributed by atoms with van der Waals surface area (Å²) in [6.07, 6.45) is 0. The van der Waals surface area contributed by atoms with Gasteiger partial charge >= 0.3 is 0 Å². The van der Waals surface area contributed by atoms with Gasteiger partial charge < -0.3 is 15.6 Å². The molecule has 0 aliphatic rings. The minimum atomic E-state index is 0.100. The fourth-order valence-electron chi connectivity index (χ4n) is 1.70. The molecule has 3 N–H and O–H groups in total. The molecular weight excluding hydrogens is 240 g/mol. The molecule has 1 aromatic carbocycles. The number of aliphatic hydroxyl groups is 1. The summed E-state index contributed by atoms with van der Waals surface area (Å²) in [5.41, 5.74) is 7.35. The van der Waals surface area contributed by atoms with E-state index in [0.29, 0.717) is 13.1 Å². The zero-order chi connectivity index (χ0) is 14.3. The van der Waals surface area contributed by atoms with Crippen LogP contribution in [0.15, 0.2) is 18.2 Å². The summed E-state index contributed by atoms with van der Waals surface area (Å²) in [6.45, 7) is 3.15. The fourth-order valence-corrected chi connectivity index (χ4v) is 1.70. The second kappa shape index (κ2) is 7.80. The third-order valence-corrected chi connectivity index (χ3v) is 3.05. The van der Waals surface area contributed by atoms with Gasteiger partial charge in [0.1, 0.15) is 5.75 Å². The van der Waals surface area contributed by atoms with E-state index in [1.807, 2.05) is 32.2 Å². The van der Waals surface area contributed by atoms with Crippen LogP contribution in [-0.4, -0.2) is 43.4 Å². The Hall–Kier alpha value is -1.54. The normalized spacial score (nSPS) is 11.9. The van der Waals surface area contributed by atoms with Crippen LogP contribution in [0.1, 0.15) is 18.1 Å². The van der Waals surface area contributed by atoms with E-state index in [1.54, 1.807) is 7.11 Å². The largest absolute Gasteiger partial charge is 0.496 e. The molecule has 4 nitrogen and oxygen atoms in total. The minimum Gasteiger partial charge on any atom is -0.496 e. The van der Waals surface area contributed by atoms with Crippen molar-refractivity contribution in [1.29, 1.82) is 0 Å². The lowest BCUT2D eigenvalue weighted by Crippen LogP contribution is -2.31. The van der Waals surface area contributed by atoms with Gasteiger partial charge in [-0.05, 0) is 32.2 Å². The number of ether oxygens (including phenoxy) is 1. The Morgan fingerprint density at radius 3 is 2.79 bits per heavy atom. The van der Waals surface area contributed by atoms with E-state index < -0.39 is 0 Å². The first-order chi connectivity index (χ1) is 9.12. The second-order valence-corrected chi connectivity index (χ2v) is 4.48.